The molecule has 0 aliphatic carbocycles. The SMILES string of the molecule is COC(=O)[C@@H]1C[C@H](NC(=O)c2cnsn2)CN1Cc1cccc(C)c1. The van der Waals surface area contributed by atoms with E-state index >= 15 is 0 Å². The van der Waals surface area contributed by atoms with Crippen molar-refractivity contribution in [3.05, 3.63) is 47.3 Å². The van der Waals surface area contributed by atoms with Crippen molar-refractivity contribution in [1.29, 1.82) is 0 Å². The van der Waals surface area contributed by atoms with Crippen LogP contribution in [0.1, 0.15) is 28.0 Å². The van der Waals surface area contributed by atoms with Gasteiger partial charge in [-0.25, -0.2) is 0 Å². The second-order valence-electron chi connectivity index (χ2n) is 6.16. The lowest BCUT2D eigenvalue weighted by Crippen LogP contribution is -2.37. The van der Waals surface area contributed by atoms with Crippen molar-refractivity contribution in [2.45, 2.75) is 32.0 Å². The molecule has 0 unspecified atom stereocenters. The molecule has 1 fully saturated rings. The smallest absolute Gasteiger partial charge is 0.323 e. The molecule has 1 aromatic heterocycles. The lowest BCUT2D eigenvalue weighted by molar-refractivity contribution is -0.146. The van der Waals surface area contributed by atoms with Gasteiger partial charge in [0.25, 0.3) is 5.91 Å². The zero-order chi connectivity index (χ0) is 17.8. The van der Waals surface area contributed by atoms with Crippen LogP contribution in [0.3, 0.4) is 0 Å². The number of likely N-dealkylation sites (tertiary alicyclic amines) is 1. The van der Waals surface area contributed by atoms with E-state index in [0.29, 0.717) is 25.2 Å². The number of aromatic nitrogens is 2. The summed E-state index contributed by atoms with van der Waals surface area (Å²) in [6, 6.07) is 7.67. The summed E-state index contributed by atoms with van der Waals surface area (Å²) < 4.78 is 12.7. The zero-order valence-corrected chi connectivity index (χ0v) is 15.0. The zero-order valence-electron chi connectivity index (χ0n) is 14.1. The lowest BCUT2D eigenvalue weighted by atomic mass is 10.1. The fraction of sp³-hybridized carbons (Fsp3) is 0.412. The maximum absolute atomic E-state index is 12.2. The highest BCUT2D eigenvalue weighted by atomic mass is 32.1. The highest BCUT2D eigenvalue weighted by Crippen LogP contribution is 2.22. The predicted molar refractivity (Wildman–Crippen MR) is 93.2 cm³/mol. The van der Waals surface area contributed by atoms with E-state index in [2.05, 4.69) is 20.1 Å². The molecule has 0 radical (unpaired) electrons. The molecule has 1 amide bonds. The predicted octanol–water partition coefficient (Wildman–Crippen LogP) is 1.39. The Balaban J connectivity index is 1.70. The molecule has 25 heavy (non-hydrogen) atoms. The maximum atomic E-state index is 12.2. The molecule has 8 heteroatoms. The number of hydrogen-bond acceptors (Lipinski definition) is 7. The van der Waals surface area contributed by atoms with Gasteiger partial charge in [0, 0.05) is 19.1 Å². The largest absolute Gasteiger partial charge is 0.468 e. The van der Waals surface area contributed by atoms with Crippen LogP contribution in [0.25, 0.3) is 0 Å². The summed E-state index contributed by atoms with van der Waals surface area (Å²) in [5, 5.41) is 2.93. The van der Waals surface area contributed by atoms with E-state index in [0.717, 1.165) is 17.3 Å². The van der Waals surface area contributed by atoms with Gasteiger partial charge in [0.2, 0.25) is 0 Å². The van der Waals surface area contributed by atoms with Crippen LogP contribution in [0.15, 0.2) is 30.5 Å². The molecule has 2 heterocycles. The van der Waals surface area contributed by atoms with E-state index in [9.17, 15) is 9.59 Å². The molecule has 132 valence electrons. The van der Waals surface area contributed by atoms with Crippen molar-refractivity contribution in [1.82, 2.24) is 19.0 Å². The third-order valence-corrected chi connectivity index (χ3v) is 4.75. The van der Waals surface area contributed by atoms with E-state index in [4.69, 9.17) is 4.74 Å². The van der Waals surface area contributed by atoms with Gasteiger partial charge in [0.15, 0.2) is 5.69 Å². The first-order valence-electron chi connectivity index (χ1n) is 8.02. The molecule has 1 aromatic carbocycles. The number of ether oxygens (including phenoxy) is 1. The van der Waals surface area contributed by atoms with Crippen molar-refractivity contribution >= 4 is 23.6 Å². The van der Waals surface area contributed by atoms with Crippen LogP contribution in [0.4, 0.5) is 0 Å². The molecule has 1 saturated heterocycles. The van der Waals surface area contributed by atoms with Gasteiger partial charge in [-0.2, -0.15) is 8.75 Å². The van der Waals surface area contributed by atoms with E-state index in [1.54, 1.807) is 0 Å². The Bertz CT molecular complexity index is 750. The Hall–Kier alpha value is -2.32. The number of nitrogens with one attached hydrogen (secondary N) is 1. The minimum absolute atomic E-state index is 0.136. The number of methoxy groups -OCH3 is 1. The first-order valence-corrected chi connectivity index (χ1v) is 8.75. The van der Waals surface area contributed by atoms with E-state index < -0.39 is 0 Å². The number of hydrogen-bond donors (Lipinski definition) is 1. The Morgan fingerprint density at radius 1 is 1.44 bits per heavy atom. The molecule has 3 rings (SSSR count). The van der Waals surface area contributed by atoms with Gasteiger partial charge in [-0.15, -0.1) is 0 Å². The number of rotatable bonds is 5. The number of aryl methyl sites for hydroxylation is 1. The topological polar surface area (TPSA) is 84.4 Å². The van der Waals surface area contributed by atoms with Crippen LogP contribution in [-0.4, -0.2) is 51.3 Å². The Labute approximate surface area is 150 Å². The molecule has 0 saturated carbocycles. The second-order valence-corrected chi connectivity index (χ2v) is 6.71. The molecular formula is C17H20N4O3S. The van der Waals surface area contributed by atoms with Crippen LogP contribution in [0, 0.1) is 6.92 Å². The highest BCUT2D eigenvalue weighted by molar-refractivity contribution is 6.99. The van der Waals surface area contributed by atoms with Gasteiger partial charge in [-0.3, -0.25) is 14.5 Å². The van der Waals surface area contributed by atoms with Crippen LogP contribution in [0.5, 0.6) is 0 Å². The summed E-state index contributed by atoms with van der Waals surface area (Å²) >= 11 is 0.993. The first-order chi connectivity index (χ1) is 12.1. The van der Waals surface area contributed by atoms with Gasteiger partial charge in [-0.05, 0) is 18.9 Å². The van der Waals surface area contributed by atoms with Gasteiger partial charge in [0.05, 0.1) is 25.0 Å². The van der Waals surface area contributed by atoms with E-state index in [-0.39, 0.29) is 24.0 Å². The molecule has 1 aliphatic heterocycles. The third kappa shape index (κ3) is 4.21. The van der Waals surface area contributed by atoms with E-state index in [1.165, 1.54) is 18.9 Å². The summed E-state index contributed by atoms with van der Waals surface area (Å²) in [5.41, 5.74) is 2.61. The normalized spacial score (nSPS) is 20.4. The quantitative estimate of drug-likeness (QED) is 0.811. The standard InChI is InChI=1S/C17H20N4O3S/c1-11-4-3-5-12(6-11)9-21-10-13(7-15(21)17(23)24-2)19-16(22)14-8-18-25-20-14/h3-6,8,13,15H,7,9-10H2,1-2H3,(H,19,22)/t13-,15-/m0/s1. The first kappa shape index (κ1) is 17.5. The minimum atomic E-state index is -0.371. The highest BCUT2D eigenvalue weighted by Gasteiger charge is 2.38. The lowest BCUT2D eigenvalue weighted by Gasteiger charge is -2.22. The summed E-state index contributed by atoms with van der Waals surface area (Å²) in [6.07, 6.45) is 1.96. The van der Waals surface area contributed by atoms with Crippen molar-refractivity contribution in [2.24, 2.45) is 0 Å². The summed E-state index contributed by atoms with van der Waals surface area (Å²) in [6.45, 7) is 3.25. The second kappa shape index (κ2) is 7.71. The molecule has 1 N–H and O–H groups in total. The summed E-state index contributed by atoms with van der Waals surface area (Å²) in [4.78, 5) is 26.4. The van der Waals surface area contributed by atoms with Crippen LogP contribution >= 0.6 is 11.7 Å². The molecule has 1 aliphatic rings. The van der Waals surface area contributed by atoms with Crippen LogP contribution in [0.2, 0.25) is 0 Å². The maximum Gasteiger partial charge on any atom is 0.323 e. The van der Waals surface area contributed by atoms with Crippen molar-refractivity contribution in [3.8, 4) is 0 Å². The number of esters is 1. The van der Waals surface area contributed by atoms with Crippen LogP contribution in [-0.2, 0) is 16.1 Å². The monoisotopic (exact) mass is 360 g/mol. The Morgan fingerprint density at radius 3 is 2.96 bits per heavy atom. The molecular weight excluding hydrogens is 340 g/mol. The number of nitrogens with zero attached hydrogens (tertiary/aromatic N) is 3. The van der Waals surface area contributed by atoms with Crippen molar-refractivity contribution < 1.29 is 14.3 Å². The third-order valence-electron chi connectivity index (χ3n) is 4.27. The molecule has 0 bridgehead atoms. The molecule has 2 atom stereocenters. The average molecular weight is 360 g/mol. The molecule has 7 nitrogen and oxygen atoms in total. The van der Waals surface area contributed by atoms with Crippen molar-refractivity contribution in [2.75, 3.05) is 13.7 Å². The number of carbonyl (C=O) groups is 2. The fourth-order valence-electron chi connectivity index (χ4n) is 3.13. The molecule has 2 aromatic rings. The number of carbonyl (C=O) groups excluding carboxylic acids is 2. The average Bonchev–Trinajstić information content (AvgIpc) is 3.24. The molecule has 0 spiro atoms. The van der Waals surface area contributed by atoms with Gasteiger partial charge in [0.1, 0.15) is 6.04 Å². The van der Waals surface area contributed by atoms with Gasteiger partial charge in [-0.1, -0.05) is 29.8 Å². The van der Waals surface area contributed by atoms with Crippen LogP contribution < -0.4 is 5.32 Å². The number of benzene rings is 1. The summed E-state index contributed by atoms with van der Waals surface area (Å²) in [5.74, 6) is -0.542. The van der Waals surface area contributed by atoms with Gasteiger partial charge >= 0.3 is 5.97 Å². The Kier molecular flexibility index (Phi) is 5.40. The van der Waals surface area contributed by atoms with Crippen molar-refractivity contribution in [3.63, 3.8) is 0 Å². The van der Waals surface area contributed by atoms with Gasteiger partial charge < -0.3 is 10.1 Å². The fourth-order valence-corrected chi connectivity index (χ4v) is 3.55. The summed E-state index contributed by atoms with van der Waals surface area (Å²) in [7, 11) is 1.39. The van der Waals surface area contributed by atoms with E-state index in [1.807, 2.05) is 30.0 Å². The minimum Gasteiger partial charge on any atom is -0.468 e. The Morgan fingerprint density at radius 2 is 2.28 bits per heavy atom. The number of amides is 1.